The van der Waals surface area contributed by atoms with Gasteiger partial charge in [0.15, 0.2) is 0 Å². The van der Waals surface area contributed by atoms with Crippen LogP contribution in [0.3, 0.4) is 0 Å². The van der Waals surface area contributed by atoms with E-state index in [2.05, 4.69) is 42.6 Å². The Kier molecular flexibility index (Phi) is 5.44. The van der Waals surface area contributed by atoms with Gasteiger partial charge in [-0.05, 0) is 37.7 Å². The summed E-state index contributed by atoms with van der Waals surface area (Å²) in [4.78, 5) is 5.26. The molecule has 1 aromatic carbocycles. The molecule has 0 aromatic heterocycles. The van der Waals surface area contributed by atoms with Gasteiger partial charge in [0.2, 0.25) is 0 Å². The van der Waals surface area contributed by atoms with Crippen LogP contribution in [0, 0.1) is 0 Å². The predicted octanol–water partition coefficient (Wildman–Crippen LogP) is 4.76. The second-order valence-electron chi connectivity index (χ2n) is 5.48. The minimum Gasteiger partial charge on any atom is -0.392 e. The van der Waals surface area contributed by atoms with E-state index < -0.39 is 0 Å². The van der Waals surface area contributed by atoms with Crippen LogP contribution >= 0.6 is 0 Å². The van der Waals surface area contributed by atoms with Gasteiger partial charge >= 0.3 is 0 Å². The molecule has 103 valence electrons. The lowest BCUT2D eigenvalue weighted by atomic mass is 9.84. The maximum Gasteiger partial charge on any atom is 0.139 e. The van der Waals surface area contributed by atoms with Crippen molar-refractivity contribution in [2.24, 2.45) is 5.16 Å². The summed E-state index contributed by atoms with van der Waals surface area (Å²) >= 11 is 0. The molecule has 0 heterocycles. The number of nitrogens with zero attached hydrogens (tertiary/aromatic N) is 1. The zero-order chi connectivity index (χ0) is 13.5. The van der Waals surface area contributed by atoms with E-state index in [1.54, 1.807) is 0 Å². The SMILES string of the molecule is CCC(C)O/N=[C]/c1ccc(C2CCCCC2)cc1. The summed E-state index contributed by atoms with van der Waals surface area (Å²) in [5, 5.41) is 3.90. The van der Waals surface area contributed by atoms with E-state index >= 15 is 0 Å². The lowest BCUT2D eigenvalue weighted by molar-refractivity contribution is 0.0712. The van der Waals surface area contributed by atoms with Crippen LogP contribution in [0.1, 0.15) is 69.4 Å². The second-order valence-corrected chi connectivity index (χ2v) is 5.48. The molecule has 19 heavy (non-hydrogen) atoms. The molecule has 1 fully saturated rings. The standard InChI is InChI=1S/C17H24NO/c1-3-14(2)19-18-13-15-9-11-17(12-10-15)16-7-5-4-6-8-16/h9-12,14,16H,3-8H2,1-2H3. The first-order chi connectivity index (χ1) is 9.29. The van der Waals surface area contributed by atoms with Crippen molar-refractivity contribution in [2.45, 2.75) is 64.4 Å². The Bertz CT molecular complexity index is 390. The Balaban J connectivity index is 1.90. The molecule has 2 heteroatoms. The summed E-state index contributed by atoms with van der Waals surface area (Å²) in [7, 11) is 0. The normalized spacial score (nSPS) is 18.6. The molecular formula is C17H24NO. The van der Waals surface area contributed by atoms with E-state index in [1.165, 1.54) is 37.7 Å². The molecule has 0 N–H and O–H groups in total. The Morgan fingerprint density at radius 3 is 2.53 bits per heavy atom. The summed E-state index contributed by atoms with van der Waals surface area (Å²) < 4.78 is 0. The van der Waals surface area contributed by atoms with Crippen LogP contribution in [0.4, 0.5) is 0 Å². The average molecular weight is 258 g/mol. The molecule has 1 atom stereocenters. The van der Waals surface area contributed by atoms with Gasteiger partial charge < -0.3 is 4.84 Å². The van der Waals surface area contributed by atoms with Gasteiger partial charge in [-0.2, -0.15) is 0 Å². The summed E-state index contributed by atoms with van der Waals surface area (Å²) in [6.07, 6.45) is 10.9. The minimum atomic E-state index is 0.161. The number of hydrogen-bond donors (Lipinski definition) is 0. The van der Waals surface area contributed by atoms with Gasteiger partial charge in [-0.25, -0.2) is 0 Å². The Hall–Kier alpha value is -1.31. The third-order valence-corrected chi connectivity index (χ3v) is 3.97. The molecule has 1 saturated carbocycles. The van der Waals surface area contributed by atoms with E-state index in [0.29, 0.717) is 0 Å². The molecule has 1 aliphatic rings. The molecule has 1 radical (unpaired) electrons. The van der Waals surface area contributed by atoms with Gasteiger partial charge in [-0.1, -0.05) is 55.6 Å². The van der Waals surface area contributed by atoms with E-state index in [1.807, 2.05) is 6.92 Å². The molecule has 0 bridgehead atoms. The van der Waals surface area contributed by atoms with E-state index in [9.17, 15) is 0 Å². The van der Waals surface area contributed by atoms with Gasteiger partial charge in [-0.15, -0.1) is 0 Å². The third-order valence-electron chi connectivity index (χ3n) is 3.97. The van der Waals surface area contributed by atoms with Gasteiger partial charge in [0.05, 0.1) is 0 Å². The molecule has 2 rings (SSSR count). The van der Waals surface area contributed by atoms with E-state index in [-0.39, 0.29) is 6.10 Å². The summed E-state index contributed by atoms with van der Waals surface area (Å²) in [6, 6.07) is 8.62. The maximum atomic E-state index is 5.26. The lowest BCUT2D eigenvalue weighted by Crippen LogP contribution is -2.04. The highest BCUT2D eigenvalue weighted by Crippen LogP contribution is 2.32. The summed E-state index contributed by atoms with van der Waals surface area (Å²) in [5.41, 5.74) is 2.45. The largest absolute Gasteiger partial charge is 0.392 e. The van der Waals surface area contributed by atoms with Crippen molar-refractivity contribution in [3.8, 4) is 0 Å². The fourth-order valence-corrected chi connectivity index (χ4v) is 2.51. The first-order valence-corrected chi connectivity index (χ1v) is 7.51. The van der Waals surface area contributed by atoms with E-state index in [4.69, 9.17) is 4.84 Å². The number of rotatable bonds is 5. The van der Waals surface area contributed by atoms with Crippen molar-refractivity contribution in [2.75, 3.05) is 0 Å². The Morgan fingerprint density at radius 2 is 1.89 bits per heavy atom. The quantitative estimate of drug-likeness (QED) is 0.551. The first-order valence-electron chi connectivity index (χ1n) is 7.51. The van der Waals surface area contributed by atoms with Gasteiger partial charge in [0.25, 0.3) is 0 Å². The minimum absolute atomic E-state index is 0.161. The smallest absolute Gasteiger partial charge is 0.139 e. The fraction of sp³-hybridized carbons (Fsp3) is 0.588. The van der Waals surface area contributed by atoms with Crippen LogP contribution in [0.15, 0.2) is 29.4 Å². The highest BCUT2D eigenvalue weighted by Gasteiger charge is 2.14. The zero-order valence-electron chi connectivity index (χ0n) is 12.1. The van der Waals surface area contributed by atoms with Gasteiger partial charge in [-0.3, -0.25) is 0 Å². The van der Waals surface area contributed by atoms with Crippen molar-refractivity contribution in [1.82, 2.24) is 0 Å². The van der Waals surface area contributed by atoms with Crippen molar-refractivity contribution in [3.05, 3.63) is 35.4 Å². The molecule has 0 aliphatic heterocycles. The number of hydrogen-bond acceptors (Lipinski definition) is 2. The molecule has 1 aliphatic carbocycles. The molecule has 0 amide bonds. The first kappa shape index (κ1) is 14.1. The van der Waals surface area contributed by atoms with Crippen LogP contribution in [0.5, 0.6) is 0 Å². The molecule has 0 spiro atoms. The maximum absolute atomic E-state index is 5.26. The molecule has 1 aromatic rings. The average Bonchev–Trinajstić information content (AvgIpc) is 2.48. The summed E-state index contributed by atoms with van der Waals surface area (Å²) in [6.45, 7) is 4.09. The van der Waals surface area contributed by atoms with Crippen LogP contribution in [-0.2, 0) is 4.84 Å². The fourth-order valence-electron chi connectivity index (χ4n) is 2.51. The molecule has 0 saturated heterocycles. The van der Waals surface area contributed by atoms with Crippen LogP contribution in [-0.4, -0.2) is 12.3 Å². The monoisotopic (exact) mass is 258 g/mol. The molecule has 2 nitrogen and oxygen atoms in total. The summed E-state index contributed by atoms with van der Waals surface area (Å²) in [5.74, 6) is 0.760. The van der Waals surface area contributed by atoms with Gasteiger partial charge in [0.1, 0.15) is 12.3 Å². The van der Waals surface area contributed by atoms with Crippen molar-refractivity contribution in [1.29, 1.82) is 0 Å². The Labute approximate surface area is 116 Å². The highest BCUT2D eigenvalue weighted by atomic mass is 16.6. The lowest BCUT2D eigenvalue weighted by Gasteiger charge is -2.21. The van der Waals surface area contributed by atoms with Crippen LogP contribution in [0.2, 0.25) is 0 Å². The van der Waals surface area contributed by atoms with Crippen LogP contribution < -0.4 is 0 Å². The Morgan fingerprint density at radius 1 is 1.21 bits per heavy atom. The van der Waals surface area contributed by atoms with Crippen molar-refractivity contribution >= 4 is 6.21 Å². The second kappa shape index (κ2) is 7.32. The predicted molar refractivity (Wildman–Crippen MR) is 79.6 cm³/mol. The highest BCUT2D eigenvalue weighted by molar-refractivity contribution is 5.79. The van der Waals surface area contributed by atoms with Crippen molar-refractivity contribution < 1.29 is 4.84 Å². The van der Waals surface area contributed by atoms with E-state index in [0.717, 1.165) is 17.9 Å². The topological polar surface area (TPSA) is 21.6 Å². The van der Waals surface area contributed by atoms with Gasteiger partial charge in [0, 0.05) is 5.56 Å². The third kappa shape index (κ3) is 4.38. The van der Waals surface area contributed by atoms with Crippen molar-refractivity contribution in [3.63, 3.8) is 0 Å². The molecule has 1 unspecified atom stereocenters. The molecular weight excluding hydrogens is 234 g/mol. The number of benzene rings is 1. The van der Waals surface area contributed by atoms with Crippen LogP contribution in [0.25, 0.3) is 0 Å². The zero-order valence-corrected chi connectivity index (χ0v) is 12.1.